The van der Waals surface area contributed by atoms with Crippen LogP contribution in [0.15, 0.2) is 60.7 Å². The number of halogens is 1. The first-order valence-electron chi connectivity index (χ1n) is 13.3. The molecule has 0 spiro atoms. The van der Waals surface area contributed by atoms with Crippen molar-refractivity contribution in [1.29, 1.82) is 0 Å². The third kappa shape index (κ3) is 5.58. The number of likely N-dealkylation sites (N-methyl/N-ethyl adjacent to an activating group) is 1. The van der Waals surface area contributed by atoms with Gasteiger partial charge in [-0.1, -0.05) is 42.5 Å². The normalized spacial score (nSPS) is 18.3. The number of fused-ring (bicyclic) bond motifs is 2. The van der Waals surface area contributed by atoms with Crippen molar-refractivity contribution in [3.8, 4) is 0 Å². The number of amides is 2. The van der Waals surface area contributed by atoms with E-state index in [1.54, 1.807) is 17.0 Å². The van der Waals surface area contributed by atoms with Gasteiger partial charge >= 0.3 is 0 Å². The van der Waals surface area contributed by atoms with Crippen LogP contribution < -0.4 is 10.2 Å². The second kappa shape index (κ2) is 11.2. The Labute approximate surface area is 234 Å². The second-order valence-corrected chi connectivity index (χ2v) is 10.8. The van der Waals surface area contributed by atoms with E-state index in [2.05, 4.69) is 29.4 Å². The number of anilines is 1. The van der Waals surface area contributed by atoms with Gasteiger partial charge in [0.2, 0.25) is 5.91 Å². The highest BCUT2D eigenvalue weighted by Crippen LogP contribution is 2.41. The number of carbonyl (C=O) groups excluding carboxylic acids is 2. The predicted octanol–water partition coefficient (Wildman–Crippen LogP) is 4.77. The minimum Gasteiger partial charge on any atom is -0.372 e. The van der Waals surface area contributed by atoms with Crippen molar-refractivity contribution in [2.24, 2.45) is 0 Å². The van der Waals surface area contributed by atoms with Crippen LogP contribution in [0.5, 0.6) is 0 Å². The maximum absolute atomic E-state index is 13.5. The summed E-state index contributed by atoms with van der Waals surface area (Å²) in [6.07, 6.45) is 0.225. The van der Waals surface area contributed by atoms with Gasteiger partial charge in [-0.2, -0.15) is 0 Å². The number of aryl methyl sites for hydroxylation is 2. The monoisotopic (exact) mass is 544 g/mol. The van der Waals surface area contributed by atoms with Gasteiger partial charge in [-0.15, -0.1) is 0 Å². The van der Waals surface area contributed by atoms with Crippen LogP contribution in [0.25, 0.3) is 0 Å². The molecule has 1 N–H and O–H groups in total. The van der Waals surface area contributed by atoms with E-state index in [9.17, 15) is 14.0 Å². The number of piperazine rings is 1. The van der Waals surface area contributed by atoms with E-state index in [0.29, 0.717) is 24.3 Å². The molecular formula is C31H33FN4O2S. The van der Waals surface area contributed by atoms with Gasteiger partial charge in [0.05, 0.1) is 12.5 Å². The summed E-state index contributed by atoms with van der Waals surface area (Å²) in [6.45, 7) is 8.00. The van der Waals surface area contributed by atoms with Crippen LogP contribution in [0.1, 0.15) is 50.6 Å². The zero-order chi connectivity index (χ0) is 27.7. The molecule has 1 saturated heterocycles. The number of nitrogens with one attached hydrogen (secondary N) is 1. The molecular weight excluding hydrogens is 511 g/mol. The van der Waals surface area contributed by atoms with Crippen LogP contribution in [-0.2, 0) is 11.3 Å². The summed E-state index contributed by atoms with van der Waals surface area (Å²) in [4.78, 5) is 32.9. The molecule has 39 heavy (non-hydrogen) atoms. The average molecular weight is 545 g/mol. The van der Waals surface area contributed by atoms with E-state index >= 15 is 0 Å². The molecule has 3 aliphatic heterocycles. The van der Waals surface area contributed by atoms with E-state index in [-0.39, 0.29) is 30.1 Å². The molecule has 3 heterocycles. The molecule has 1 fully saturated rings. The highest BCUT2D eigenvalue weighted by molar-refractivity contribution is 7.80. The van der Waals surface area contributed by atoms with Crippen LogP contribution >= 0.6 is 12.2 Å². The van der Waals surface area contributed by atoms with Crippen LogP contribution in [0.3, 0.4) is 0 Å². The van der Waals surface area contributed by atoms with Gasteiger partial charge in [0.1, 0.15) is 10.8 Å². The van der Waals surface area contributed by atoms with Crippen molar-refractivity contribution >= 4 is 34.7 Å². The Morgan fingerprint density at radius 1 is 0.974 bits per heavy atom. The molecule has 0 bridgehead atoms. The summed E-state index contributed by atoms with van der Waals surface area (Å²) < 4.78 is 13.5. The fraction of sp³-hybridized carbons (Fsp3) is 0.323. The third-order valence-corrected chi connectivity index (χ3v) is 8.18. The lowest BCUT2D eigenvalue weighted by molar-refractivity contribution is -0.133. The average Bonchev–Trinajstić information content (AvgIpc) is 3.43. The fourth-order valence-electron chi connectivity index (χ4n) is 5.33. The summed E-state index contributed by atoms with van der Waals surface area (Å²) >= 11 is 5.06. The molecule has 1 atom stereocenters. The van der Waals surface area contributed by atoms with Gasteiger partial charge in [0.15, 0.2) is 0 Å². The number of thiocarbonyl (C=S) groups is 1. The summed E-state index contributed by atoms with van der Waals surface area (Å²) in [6, 6.07) is 17.7. The van der Waals surface area contributed by atoms with E-state index in [0.717, 1.165) is 41.3 Å². The van der Waals surface area contributed by atoms with Gasteiger partial charge in [-0.05, 0) is 73.5 Å². The molecule has 0 saturated carbocycles. The number of hydrogen-bond donors (Lipinski definition) is 1. The predicted molar refractivity (Wildman–Crippen MR) is 156 cm³/mol. The standard InChI is InChI=1S/C23H26FN3O2.C8H7NS/c1-15-12-19-20(13-16(15)2)23(29)27(18-6-4-17(24)5-7-18)21(19)14-22(28)26-10-8-25(3)9-11-26;10-8-7-4-2-1-3-6(7)5-9-8/h4-7,12-13,21H,8-11,14H2,1-3H3;1-4H,5H2,(H,9,10). The second-order valence-electron chi connectivity index (χ2n) is 10.4. The van der Waals surface area contributed by atoms with E-state index in [1.165, 1.54) is 23.3 Å². The van der Waals surface area contributed by atoms with Crippen molar-refractivity contribution in [2.45, 2.75) is 32.9 Å². The summed E-state index contributed by atoms with van der Waals surface area (Å²) in [5, 5.41) is 3.12. The van der Waals surface area contributed by atoms with Crippen molar-refractivity contribution in [2.75, 3.05) is 38.1 Å². The number of nitrogens with zero attached hydrogens (tertiary/aromatic N) is 3. The Balaban J connectivity index is 0.000000257. The zero-order valence-corrected chi connectivity index (χ0v) is 23.4. The molecule has 202 valence electrons. The molecule has 2 amide bonds. The first-order chi connectivity index (χ1) is 18.7. The Morgan fingerprint density at radius 3 is 2.33 bits per heavy atom. The Bertz CT molecular complexity index is 1420. The van der Waals surface area contributed by atoms with E-state index in [4.69, 9.17) is 12.2 Å². The molecule has 0 aromatic heterocycles. The van der Waals surface area contributed by atoms with Gasteiger partial charge in [-0.3, -0.25) is 9.59 Å². The minimum absolute atomic E-state index is 0.0501. The largest absolute Gasteiger partial charge is 0.372 e. The SMILES string of the molecule is Cc1cc2c(cc1C)C(CC(=O)N1CCN(C)CC1)N(c1ccc(F)cc1)C2=O.S=C1NCc2ccccc21. The first kappa shape index (κ1) is 27.0. The molecule has 3 aromatic rings. The number of rotatable bonds is 3. The summed E-state index contributed by atoms with van der Waals surface area (Å²) in [5.74, 6) is -0.436. The molecule has 1 unspecified atom stereocenters. The molecule has 6 rings (SSSR count). The molecule has 3 aromatic carbocycles. The molecule has 0 aliphatic carbocycles. The highest BCUT2D eigenvalue weighted by atomic mass is 32.1. The Hall–Kier alpha value is -3.62. The first-order valence-corrected chi connectivity index (χ1v) is 13.7. The number of carbonyl (C=O) groups is 2. The molecule has 6 nitrogen and oxygen atoms in total. The topological polar surface area (TPSA) is 55.9 Å². The minimum atomic E-state index is -0.380. The van der Waals surface area contributed by atoms with Gasteiger partial charge in [-0.25, -0.2) is 4.39 Å². The van der Waals surface area contributed by atoms with Crippen molar-refractivity contribution in [1.82, 2.24) is 15.1 Å². The fourth-order valence-corrected chi connectivity index (χ4v) is 5.60. The molecule has 3 aliphatic rings. The van der Waals surface area contributed by atoms with Crippen LogP contribution in [0.4, 0.5) is 10.1 Å². The van der Waals surface area contributed by atoms with Gasteiger partial charge < -0.3 is 20.0 Å². The van der Waals surface area contributed by atoms with Crippen molar-refractivity contribution < 1.29 is 14.0 Å². The molecule has 8 heteroatoms. The van der Waals surface area contributed by atoms with Crippen molar-refractivity contribution in [3.05, 3.63) is 99.9 Å². The lowest BCUT2D eigenvalue weighted by Crippen LogP contribution is -2.47. The lowest BCUT2D eigenvalue weighted by atomic mass is 9.96. The maximum atomic E-state index is 13.5. The third-order valence-electron chi connectivity index (χ3n) is 7.82. The Morgan fingerprint density at radius 2 is 1.64 bits per heavy atom. The van der Waals surface area contributed by atoms with Gasteiger partial charge in [0, 0.05) is 49.5 Å². The van der Waals surface area contributed by atoms with Crippen molar-refractivity contribution in [3.63, 3.8) is 0 Å². The van der Waals surface area contributed by atoms with Crippen LogP contribution in [0.2, 0.25) is 0 Å². The smallest absolute Gasteiger partial charge is 0.259 e. The lowest BCUT2D eigenvalue weighted by Gasteiger charge is -2.34. The van der Waals surface area contributed by atoms with Crippen LogP contribution in [0, 0.1) is 19.7 Å². The van der Waals surface area contributed by atoms with Gasteiger partial charge in [0.25, 0.3) is 5.91 Å². The number of hydrogen-bond acceptors (Lipinski definition) is 4. The summed E-state index contributed by atoms with van der Waals surface area (Å²) in [5.41, 5.74) is 6.76. The molecule has 0 radical (unpaired) electrons. The zero-order valence-electron chi connectivity index (χ0n) is 22.5. The van der Waals surface area contributed by atoms with E-state index in [1.807, 2.05) is 43.0 Å². The number of benzene rings is 3. The van der Waals surface area contributed by atoms with E-state index < -0.39 is 0 Å². The van der Waals surface area contributed by atoms with Crippen LogP contribution in [-0.4, -0.2) is 59.8 Å². The highest BCUT2D eigenvalue weighted by Gasteiger charge is 2.40. The maximum Gasteiger partial charge on any atom is 0.259 e. The summed E-state index contributed by atoms with van der Waals surface area (Å²) in [7, 11) is 2.05. The quantitative estimate of drug-likeness (QED) is 0.482. The Kier molecular flexibility index (Phi) is 7.77.